The maximum Gasteiger partial charge on any atom is 0.164 e. The van der Waals surface area contributed by atoms with Gasteiger partial charge in [-0.15, -0.1) is 0 Å². The number of hydrogen-bond donors (Lipinski definition) is 0. The Labute approximate surface area is 311 Å². The van der Waals surface area contributed by atoms with Gasteiger partial charge in [-0.05, 0) is 75.5 Å². The van der Waals surface area contributed by atoms with E-state index in [4.69, 9.17) is 24.1 Å². The van der Waals surface area contributed by atoms with Gasteiger partial charge in [0, 0.05) is 38.9 Å². The predicted molar refractivity (Wildman–Crippen MR) is 217 cm³/mol. The van der Waals surface area contributed by atoms with Crippen LogP contribution in [0.5, 0.6) is 5.75 Å². The van der Waals surface area contributed by atoms with E-state index in [1.165, 1.54) is 10.8 Å². The topological polar surface area (TPSA) is 61.0 Å². The van der Waals surface area contributed by atoms with Crippen LogP contribution < -0.4 is 4.74 Å². The minimum atomic E-state index is -0.0892. The molecule has 0 saturated heterocycles. The molecule has 7 aromatic carbocycles. The molecule has 3 heterocycles. The third-order valence-electron chi connectivity index (χ3n) is 10.7. The van der Waals surface area contributed by atoms with Gasteiger partial charge in [0.05, 0.1) is 0 Å². The largest absolute Gasteiger partial charge is 0.485 e. The highest BCUT2D eigenvalue weighted by Gasteiger charge is 2.36. The van der Waals surface area contributed by atoms with Crippen molar-refractivity contribution >= 4 is 32.7 Å². The summed E-state index contributed by atoms with van der Waals surface area (Å²) in [5.74, 6) is 2.66. The maximum atomic E-state index is 6.60. The predicted octanol–water partition coefficient (Wildman–Crippen LogP) is 12.2. The second kappa shape index (κ2) is 12.2. The molecule has 0 amide bonds. The number of benzene rings is 7. The molecule has 5 heteroatoms. The summed E-state index contributed by atoms with van der Waals surface area (Å²) in [6.45, 7) is 0. The van der Waals surface area contributed by atoms with Crippen LogP contribution in [0.4, 0.5) is 0 Å². The molecule has 2 unspecified atom stereocenters. The molecule has 0 spiro atoms. The molecule has 54 heavy (non-hydrogen) atoms. The van der Waals surface area contributed by atoms with Crippen LogP contribution in [0.1, 0.15) is 11.5 Å². The number of para-hydroxylation sites is 1. The molecule has 0 N–H and O–H groups in total. The number of rotatable bonds is 5. The summed E-state index contributed by atoms with van der Waals surface area (Å²) in [6.07, 6.45) is 8.40. The van der Waals surface area contributed by atoms with Gasteiger partial charge in [-0.25, -0.2) is 15.0 Å². The van der Waals surface area contributed by atoms with Crippen LogP contribution in [0.3, 0.4) is 0 Å². The summed E-state index contributed by atoms with van der Waals surface area (Å²) in [4.78, 5) is 15.6. The fraction of sp³-hybridized carbons (Fsp3) is 0.0408. The van der Waals surface area contributed by atoms with E-state index in [0.717, 1.165) is 72.2 Å². The van der Waals surface area contributed by atoms with Crippen molar-refractivity contribution < 1.29 is 9.15 Å². The van der Waals surface area contributed by atoms with E-state index in [2.05, 4.69) is 146 Å². The number of furan rings is 1. The fourth-order valence-electron chi connectivity index (χ4n) is 7.96. The summed E-state index contributed by atoms with van der Waals surface area (Å²) >= 11 is 0. The number of allylic oxidation sites excluding steroid dienone is 2. The molecule has 1 aliphatic heterocycles. The smallest absolute Gasteiger partial charge is 0.164 e. The Hall–Kier alpha value is -7.11. The maximum absolute atomic E-state index is 6.60. The Morgan fingerprint density at radius 1 is 0.426 bits per heavy atom. The Morgan fingerprint density at radius 3 is 1.98 bits per heavy atom. The highest BCUT2D eigenvalue weighted by molar-refractivity contribution is 6.05. The van der Waals surface area contributed by atoms with Crippen molar-refractivity contribution in [3.8, 4) is 62.2 Å². The van der Waals surface area contributed by atoms with Crippen molar-refractivity contribution in [2.75, 3.05) is 0 Å². The van der Waals surface area contributed by atoms with E-state index in [1.807, 2.05) is 30.3 Å². The number of ether oxygens (including phenoxy) is 1. The van der Waals surface area contributed by atoms with Crippen molar-refractivity contribution in [2.24, 2.45) is 0 Å². The number of nitrogens with zero attached hydrogens (tertiary/aromatic N) is 3. The molecule has 0 bridgehead atoms. The van der Waals surface area contributed by atoms with Crippen molar-refractivity contribution in [3.05, 3.63) is 182 Å². The highest BCUT2D eigenvalue weighted by Crippen LogP contribution is 2.48. The van der Waals surface area contributed by atoms with Crippen LogP contribution in [0.25, 0.3) is 89.1 Å². The van der Waals surface area contributed by atoms with Crippen molar-refractivity contribution in [3.63, 3.8) is 0 Å². The van der Waals surface area contributed by atoms with Crippen LogP contribution in [-0.2, 0) is 0 Å². The quantitative estimate of drug-likeness (QED) is 0.180. The second-order valence-corrected chi connectivity index (χ2v) is 13.9. The van der Waals surface area contributed by atoms with Crippen LogP contribution >= 0.6 is 0 Å². The van der Waals surface area contributed by atoms with Crippen molar-refractivity contribution in [1.82, 2.24) is 15.0 Å². The van der Waals surface area contributed by atoms with Crippen LogP contribution in [0.2, 0.25) is 0 Å². The average molecular weight is 694 g/mol. The first-order valence-electron chi connectivity index (χ1n) is 18.2. The molecular weight excluding hydrogens is 663 g/mol. The summed E-state index contributed by atoms with van der Waals surface area (Å²) in [5.41, 5.74) is 9.85. The van der Waals surface area contributed by atoms with Gasteiger partial charge >= 0.3 is 0 Å². The third-order valence-corrected chi connectivity index (χ3v) is 10.7. The Bertz CT molecular complexity index is 2980. The van der Waals surface area contributed by atoms with Gasteiger partial charge in [-0.1, -0.05) is 133 Å². The number of hydrogen-bond acceptors (Lipinski definition) is 5. The van der Waals surface area contributed by atoms with Gasteiger partial charge < -0.3 is 9.15 Å². The molecule has 254 valence electrons. The van der Waals surface area contributed by atoms with Crippen molar-refractivity contribution in [1.29, 1.82) is 0 Å². The van der Waals surface area contributed by atoms with Gasteiger partial charge in [-0.2, -0.15) is 0 Å². The third kappa shape index (κ3) is 5.13. The molecule has 2 aliphatic rings. The zero-order valence-corrected chi connectivity index (χ0v) is 29.1. The van der Waals surface area contributed by atoms with Gasteiger partial charge in [0.25, 0.3) is 0 Å². The first-order valence-corrected chi connectivity index (χ1v) is 18.2. The standard InChI is InChI=1S/C49H31N3O2/c1-2-10-30(11-3-1)37-27-41(46-40-15-7-9-17-43(40)54-45(46)29-37)49-51-47(33-21-18-32(19-22-33)35-23-20-31-12-4-5-13-34(31)26-35)50-48(52-49)36-24-25-39-38-14-6-8-16-42(38)53-44(39)28-36/h1-29,40,43H. The van der Waals surface area contributed by atoms with Gasteiger partial charge in [-0.3, -0.25) is 0 Å². The molecule has 1 aliphatic carbocycles. The molecular formula is C49H31N3O2. The zero-order chi connectivity index (χ0) is 35.6. The normalized spacial score (nSPS) is 15.8. The molecule has 9 aromatic rings. The van der Waals surface area contributed by atoms with Crippen LogP contribution in [0.15, 0.2) is 180 Å². The van der Waals surface area contributed by atoms with Crippen LogP contribution in [-0.4, -0.2) is 21.1 Å². The summed E-state index contributed by atoms with van der Waals surface area (Å²) in [7, 11) is 0. The lowest BCUT2D eigenvalue weighted by atomic mass is 9.87. The SMILES string of the molecule is C1=CC2Oc3cc(-c4ccccc4)cc(-c4nc(-c5ccc(-c6ccc7ccccc7c6)cc5)nc(-c5ccc6c(c5)oc5ccccc56)n4)c3C2C=C1. The van der Waals surface area contributed by atoms with E-state index in [9.17, 15) is 0 Å². The molecule has 0 fully saturated rings. The summed E-state index contributed by atoms with van der Waals surface area (Å²) in [6, 6.07) is 52.6. The fourth-order valence-corrected chi connectivity index (χ4v) is 7.96. The van der Waals surface area contributed by atoms with Crippen molar-refractivity contribution in [2.45, 2.75) is 12.0 Å². The van der Waals surface area contributed by atoms with E-state index >= 15 is 0 Å². The average Bonchev–Trinajstić information content (AvgIpc) is 3.81. The Morgan fingerprint density at radius 2 is 1.09 bits per heavy atom. The second-order valence-electron chi connectivity index (χ2n) is 13.9. The van der Waals surface area contributed by atoms with Gasteiger partial charge in [0.1, 0.15) is 23.0 Å². The minimum absolute atomic E-state index is 0.0432. The molecule has 0 radical (unpaired) electrons. The lowest BCUT2D eigenvalue weighted by Crippen LogP contribution is -2.16. The first kappa shape index (κ1) is 30.5. The summed E-state index contributed by atoms with van der Waals surface area (Å²) < 4.78 is 12.9. The zero-order valence-electron chi connectivity index (χ0n) is 29.1. The Kier molecular flexibility index (Phi) is 6.92. The molecule has 2 aromatic heterocycles. The number of fused-ring (bicyclic) bond motifs is 7. The molecule has 0 saturated carbocycles. The van der Waals surface area contributed by atoms with Gasteiger partial charge in [0.15, 0.2) is 17.5 Å². The summed E-state index contributed by atoms with van der Waals surface area (Å²) in [5, 5.41) is 4.58. The van der Waals surface area contributed by atoms with E-state index in [-0.39, 0.29) is 12.0 Å². The van der Waals surface area contributed by atoms with E-state index in [1.54, 1.807) is 0 Å². The lowest BCUT2D eigenvalue weighted by molar-refractivity contribution is 0.269. The minimum Gasteiger partial charge on any atom is -0.485 e. The highest BCUT2D eigenvalue weighted by atomic mass is 16.5. The molecule has 2 atom stereocenters. The lowest BCUT2D eigenvalue weighted by Gasteiger charge is -2.16. The van der Waals surface area contributed by atoms with Gasteiger partial charge in [0.2, 0.25) is 0 Å². The first-order chi connectivity index (χ1) is 26.7. The number of aromatic nitrogens is 3. The Balaban J connectivity index is 1.10. The van der Waals surface area contributed by atoms with Crippen LogP contribution in [0, 0.1) is 0 Å². The van der Waals surface area contributed by atoms with E-state index in [0.29, 0.717) is 17.5 Å². The molecule has 11 rings (SSSR count). The van der Waals surface area contributed by atoms with E-state index < -0.39 is 0 Å². The monoisotopic (exact) mass is 693 g/mol. The molecule has 5 nitrogen and oxygen atoms in total.